The normalized spacial score (nSPS) is 22.4. The predicted molar refractivity (Wildman–Crippen MR) is 73.1 cm³/mol. The Morgan fingerprint density at radius 2 is 2.00 bits per heavy atom. The fourth-order valence-corrected chi connectivity index (χ4v) is 2.63. The first-order chi connectivity index (χ1) is 9.56. The molecule has 0 spiro atoms. The van der Waals surface area contributed by atoms with Crippen LogP contribution in [-0.2, 0) is 16.1 Å². The average Bonchev–Trinajstić information content (AvgIpc) is 2.84. The zero-order chi connectivity index (χ0) is 14.5. The molecule has 0 aromatic carbocycles. The second kappa shape index (κ2) is 6.54. The Hall–Kier alpha value is -1.85. The van der Waals surface area contributed by atoms with Crippen molar-refractivity contribution in [2.24, 2.45) is 11.8 Å². The van der Waals surface area contributed by atoms with Crippen LogP contribution in [0, 0.1) is 18.8 Å². The van der Waals surface area contributed by atoms with Crippen molar-refractivity contribution in [2.75, 3.05) is 6.54 Å². The lowest BCUT2D eigenvalue weighted by Crippen LogP contribution is -2.36. The van der Waals surface area contributed by atoms with E-state index < -0.39 is 5.97 Å². The van der Waals surface area contributed by atoms with Crippen molar-refractivity contribution in [1.82, 2.24) is 15.1 Å². The van der Waals surface area contributed by atoms with Gasteiger partial charge in [-0.15, -0.1) is 0 Å². The number of amides is 1. The van der Waals surface area contributed by atoms with Gasteiger partial charge in [-0.3, -0.25) is 14.3 Å². The number of nitrogens with zero attached hydrogens (tertiary/aromatic N) is 2. The van der Waals surface area contributed by atoms with Gasteiger partial charge in [-0.2, -0.15) is 5.10 Å². The van der Waals surface area contributed by atoms with Gasteiger partial charge in [0.25, 0.3) is 0 Å². The summed E-state index contributed by atoms with van der Waals surface area (Å²) in [5.74, 6) is -1.01. The van der Waals surface area contributed by atoms with Crippen molar-refractivity contribution in [2.45, 2.75) is 39.2 Å². The van der Waals surface area contributed by atoms with E-state index in [1.807, 2.05) is 13.1 Å². The van der Waals surface area contributed by atoms with Crippen LogP contribution in [0.5, 0.6) is 0 Å². The van der Waals surface area contributed by atoms with Gasteiger partial charge in [0.05, 0.1) is 18.7 Å². The highest BCUT2D eigenvalue weighted by molar-refractivity contribution is 5.79. The van der Waals surface area contributed by atoms with E-state index in [0.29, 0.717) is 38.8 Å². The Bertz CT molecular complexity index is 476. The van der Waals surface area contributed by atoms with E-state index in [0.717, 1.165) is 5.56 Å². The molecular formula is C14H21N3O3. The summed E-state index contributed by atoms with van der Waals surface area (Å²) in [6, 6.07) is 0. The number of carboxylic acids is 1. The number of rotatable bonds is 5. The molecule has 0 atom stereocenters. The van der Waals surface area contributed by atoms with E-state index in [9.17, 15) is 9.59 Å². The SMILES string of the molecule is Cc1cnn(CCNC(=O)C2CCC(C(=O)O)CC2)c1. The lowest BCUT2D eigenvalue weighted by Gasteiger charge is -2.25. The van der Waals surface area contributed by atoms with Crippen LogP contribution in [0.3, 0.4) is 0 Å². The molecule has 1 amide bonds. The molecule has 110 valence electrons. The van der Waals surface area contributed by atoms with Crippen LogP contribution >= 0.6 is 0 Å². The summed E-state index contributed by atoms with van der Waals surface area (Å²) < 4.78 is 1.80. The minimum Gasteiger partial charge on any atom is -0.481 e. The lowest BCUT2D eigenvalue weighted by atomic mass is 9.81. The highest BCUT2D eigenvalue weighted by Crippen LogP contribution is 2.28. The summed E-state index contributed by atoms with van der Waals surface area (Å²) in [4.78, 5) is 22.8. The zero-order valence-corrected chi connectivity index (χ0v) is 11.7. The van der Waals surface area contributed by atoms with E-state index >= 15 is 0 Å². The number of carbonyl (C=O) groups excluding carboxylic acids is 1. The molecular weight excluding hydrogens is 258 g/mol. The fraction of sp³-hybridized carbons (Fsp3) is 0.643. The highest BCUT2D eigenvalue weighted by atomic mass is 16.4. The monoisotopic (exact) mass is 279 g/mol. The standard InChI is InChI=1S/C14H21N3O3/c1-10-8-16-17(9-10)7-6-15-13(18)11-2-4-12(5-3-11)14(19)20/h8-9,11-12H,2-7H2,1H3,(H,15,18)(H,19,20). The third kappa shape index (κ3) is 3.82. The summed E-state index contributed by atoms with van der Waals surface area (Å²) >= 11 is 0. The Morgan fingerprint density at radius 1 is 1.35 bits per heavy atom. The number of carbonyl (C=O) groups is 2. The van der Waals surface area contributed by atoms with Crippen LogP contribution in [-0.4, -0.2) is 33.3 Å². The first kappa shape index (κ1) is 14.6. The number of hydrogen-bond donors (Lipinski definition) is 2. The van der Waals surface area contributed by atoms with E-state index in [-0.39, 0.29) is 17.7 Å². The molecule has 1 aliphatic rings. The molecule has 1 aromatic heterocycles. The van der Waals surface area contributed by atoms with Gasteiger partial charge in [-0.1, -0.05) is 0 Å². The van der Waals surface area contributed by atoms with Gasteiger partial charge in [0.15, 0.2) is 0 Å². The lowest BCUT2D eigenvalue weighted by molar-refractivity contribution is -0.144. The molecule has 2 rings (SSSR count). The Labute approximate surface area is 118 Å². The maximum absolute atomic E-state index is 12.0. The molecule has 6 nitrogen and oxygen atoms in total. The van der Waals surface area contributed by atoms with Crippen LogP contribution < -0.4 is 5.32 Å². The van der Waals surface area contributed by atoms with Crippen molar-refractivity contribution >= 4 is 11.9 Å². The smallest absolute Gasteiger partial charge is 0.306 e. The fourth-order valence-electron chi connectivity index (χ4n) is 2.63. The number of hydrogen-bond acceptors (Lipinski definition) is 3. The maximum atomic E-state index is 12.0. The molecule has 1 saturated carbocycles. The first-order valence-corrected chi connectivity index (χ1v) is 7.06. The van der Waals surface area contributed by atoms with Crippen molar-refractivity contribution in [3.05, 3.63) is 18.0 Å². The van der Waals surface area contributed by atoms with Gasteiger partial charge in [0.2, 0.25) is 5.91 Å². The number of aryl methyl sites for hydroxylation is 1. The number of aromatic nitrogens is 2. The zero-order valence-electron chi connectivity index (χ0n) is 11.7. The number of carboxylic acid groups (broad SMARTS) is 1. The molecule has 1 aliphatic carbocycles. The molecule has 2 N–H and O–H groups in total. The van der Waals surface area contributed by atoms with E-state index in [2.05, 4.69) is 10.4 Å². The highest BCUT2D eigenvalue weighted by Gasteiger charge is 2.29. The van der Waals surface area contributed by atoms with Crippen LogP contribution in [0.15, 0.2) is 12.4 Å². The van der Waals surface area contributed by atoms with Gasteiger partial charge in [-0.05, 0) is 38.2 Å². The van der Waals surface area contributed by atoms with Crippen LogP contribution in [0.4, 0.5) is 0 Å². The summed E-state index contributed by atoms with van der Waals surface area (Å²) in [7, 11) is 0. The minimum absolute atomic E-state index is 0.0371. The van der Waals surface area contributed by atoms with Gasteiger partial charge in [-0.25, -0.2) is 0 Å². The third-order valence-electron chi connectivity index (χ3n) is 3.85. The summed E-state index contributed by atoms with van der Waals surface area (Å²) in [5.41, 5.74) is 1.10. The van der Waals surface area contributed by atoms with E-state index in [4.69, 9.17) is 5.11 Å². The Balaban J connectivity index is 1.69. The molecule has 20 heavy (non-hydrogen) atoms. The van der Waals surface area contributed by atoms with Crippen molar-refractivity contribution in [3.8, 4) is 0 Å². The van der Waals surface area contributed by atoms with Crippen molar-refractivity contribution in [3.63, 3.8) is 0 Å². The molecule has 0 bridgehead atoms. The van der Waals surface area contributed by atoms with Crippen LogP contribution in [0.1, 0.15) is 31.2 Å². The van der Waals surface area contributed by atoms with Crippen LogP contribution in [0.2, 0.25) is 0 Å². The van der Waals surface area contributed by atoms with Gasteiger partial charge >= 0.3 is 5.97 Å². The van der Waals surface area contributed by atoms with Crippen molar-refractivity contribution in [1.29, 1.82) is 0 Å². The molecule has 0 saturated heterocycles. The second-order valence-electron chi connectivity index (χ2n) is 5.46. The second-order valence-corrected chi connectivity index (χ2v) is 5.46. The summed E-state index contributed by atoms with van der Waals surface area (Å²) in [5, 5.41) is 16.0. The molecule has 0 unspecified atom stereocenters. The molecule has 6 heteroatoms. The Morgan fingerprint density at radius 3 is 2.55 bits per heavy atom. The largest absolute Gasteiger partial charge is 0.481 e. The molecule has 1 fully saturated rings. The molecule has 0 aliphatic heterocycles. The van der Waals surface area contributed by atoms with Crippen molar-refractivity contribution < 1.29 is 14.7 Å². The maximum Gasteiger partial charge on any atom is 0.306 e. The Kier molecular flexibility index (Phi) is 4.76. The minimum atomic E-state index is -0.738. The third-order valence-corrected chi connectivity index (χ3v) is 3.85. The van der Waals surface area contributed by atoms with Crippen LogP contribution in [0.25, 0.3) is 0 Å². The van der Waals surface area contributed by atoms with Gasteiger partial charge in [0.1, 0.15) is 0 Å². The first-order valence-electron chi connectivity index (χ1n) is 7.06. The topological polar surface area (TPSA) is 84.2 Å². The van der Waals surface area contributed by atoms with E-state index in [1.54, 1.807) is 10.9 Å². The van der Waals surface area contributed by atoms with Gasteiger partial charge < -0.3 is 10.4 Å². The number of nitrogens with one attached hydrogen (secondary N) is 1. The summed E-state index contributed by atoms with van der Waals surface area (Å²) in [6.45, 7) is 3.19. The van der Waals surface area contributed by atoms with E-state index in [1.165, 1.54) is 0 Å². The molecule has 1 aromatic rings. The average molecular weight is 279 g/mol. The van der Waals surface area contributed by atoms with Gasteiger partial charge in [0, 0.05) is 18.7 Å². The molecule has 1 heterocycles. The number of aliphatic carboxylic acids is 1. The predicted octanol–water partition coefficient (Wildman–Crippen LogP) is 1.20. The molecule has 0 radical (unpaired) electrons. The summed E-state index contributed by atoms with van der Waals surface area (Å²) in [6.07, 6.45) is 6.27. The quantitative estimate of drug-likeness (QED) is 0.848.